The second-order valence-corrected chi connectivity index (χ2v) is 5.90. The molecule has 1 unspecified atom stereocenters. The third kappa shape index (κ3) is 2.42. The first-order valence-electron chi connectivity index (χ1n) is 7.25. The Morgan fingerprint density at radius 1 is 1.05 bits per heavy atom. The van der Waals surface area contributed by atoms with E-state index < -0.39 is 5.41 Å². The molecule has 0 aromatic heterocycles. The Morgan fingerprint density at radius 2 is 1.71 bits per heavy atom. The van der Waals surface area contributed by atoms with Crippen LogP contribution in [0.1, 0.15) is 17.5 Å². The topological polar surface area (TPSA) is 12.5 Å². The lowest BCUT2D eigenvalue weighted by atomic mass is 9.73. The Kier molecular flexibility index (Phi) is 3.68. The smallest absolute Gasteiger partial charge is 0.127 e. The van der Waals surface area contributed by atoms with E-state index in [1.807, 2.05) is 44.4 Å². The molecule has 0 bridgehead atoms. The molecular weight excluding hydrogens is 265 g/mol. The summed E-state index contributed by atoms with van der Waals surface area (Å²) in [4.78, 5) is 2.13. The van der Waals surface area contributed by atoms with Crippen LogP contribution < -0.4 is 4.74 Å². The molecule has 1 atom stereocenters. The number of para-hydroxylation sites is 1. The van der Waals surface area contributed by atoms with Crippen LogP contribution in [0.25, 0.3) is 0 Å². The van der Waals surface area contributed by atoms with Gasteiger partial charge in [-0.2, -0.15) is 0 Å². The lowest BCUT2D eigenvalue weighted by molar-refractivity contribution is 0.257. The van der Waals surface area contributed by atoms with Crippen molar-refractivity contribution in [2.75, 3.05) is 27.2 Å². The van der Waals surface area contributed by atoms with Gasteiger partial charge in [0.1, 0.15) is 18.2 Å². The van der Waals surface area contributed by atoms with E-state index in [4.69, 9.17) is 4.74 Å². The Balaban J connectivity index is 2.12. The molecule has 110 valence electrons. The van der Waals surface area contributed by atoms with Crippen molar-refractivity contribution in [1.29, 1.82) is 0 Å². The first kappa shape index (κ1) is 14.1. The molecule has 2 nitrogen and oxygen atoms in total. The van der Waals surface area contributed by atoms with Crippen molar-refractivity contribution in [3.8, 4) is 5.75 Å². The third-order valence-corrected chi connectivity index (χ3v) is 4.25. The predicted molar refractivity (Wildman–Crippen MR) is 82.3 cm³/mol. The molecule has 21 heavy (non-hydrogen) atoms. The van der Waals surface area contributed by atoms with Gasteiger partial charge in [-0.15, -0.1) is 0 Å². The Bertz CT molecular complexity index is 641. The highest BCUT2D eigenvalue weighted by Gasteiger charge is 2.43. The van der Waals surface area contributed by atoms with Crippen LogP contribution in [-0.2, 0) is 5.41 Å². The zero-order valence-corrected chi connectivity index (χ0v) is 12.5. The highest BCUT2D eigenvalue weighted by Crippen LogP contribution is 2.46. The maximum atomic E-state index is 14.4. The van der Waals surface area contributed by atoms with E-state index in [0.717, 1.165) is 29.8 Å². The number of halogens is 1. The van der Waals surface area contributed by atoms with Gasteiger partial charge in [-0.1, -0.05) is 36.4 Å². The van der Waals surface area contributed by atoms with Crippen LogP contribution in [0.2, 0.25) is 0 Å². The van der Waals surface area contributed by atoms with Crippen molar-refractivity contribution < 1.29 is 9.13 Å². The maximum Gasteiger partial charge on any atom is 0.127 e. The summed E-state index contributed by atoms with van der Waals surface area (Å²) in [5, 5.41) is 0. The molecule has 0 radical (unpaired) electrons. The van der Waals surface area contributed by atoms with Crippen LogP contribution in [-0.4, -0.2) is 32.1 Å². The van der Waals surface area contributed by atoms with Gasteiger partial charge in [0, 0.05) is 11.1 Å². The van der Waals surface area contributed by atoms with Crippen molar-refractivity contribution in [2.45, 2.75) is 11.8 Å². The highest BCUT2D eigenvalue weighted by molar-refractivity contribution is 5.51. The summed E-state index contributed by atoms with van der Waals surface area (Å²) in [6, 6.07) is 15.0. The molecule has 3 heteroatoms. The van der Waals surface area contributed by atoms with Crippen molar-refractivity contribution >= 4 is 0 Å². The second kappa shape index (κ2) is 5.49. The fraction of sp³-hybridized carbons (Fsp3) is 0.333. The molecule has 0 spiro atoms. The Hall–Kier alpha value is -1.87. The molecule has 2 aromatic rings. The largest absolute Gasteiger partial charge is 0.492 e. The van der Waals surface area contributed by atoms with Gasteiger partial charge < -0.3 is 9.64 Å². The molecule has 1 aliphatic rings. The standard InChI is InChI=1S/C18H20FNO/c1-20(2)12-11-18(14-7-3-5-9-16(14)19)13-21-17-10-6-4-8-15(17)18/h3-10H,11-13H2,1-2H3. The minimum absolute atomic E-state index is 0.156. The zero-order valence-electron chi connectivity index (χ0n) is 12.5. The van der Waals surface area contributed by atoms with E-state index in [2.05, 4.69) is 11.0 Å². The van der Waals surface area contributed by atoms with Crippen molar-refractivity contribution in [1.82, 2.24) is 4.90 Å². The van der Waals surface area contributed by atoms with E-state index in [0.29, 0.717) is 6.61 Å². The molecule has 0 saturated carbocycles. The normalized spacial score (nSPS) is 20.4. The van der Waals surface area contributed by atoms with E-state index in [9.17, 15) is 4.39 Å². The number of fused-ring (bicyclic) bond motifs is 1. The van der Waals surface area contributed by atoms with Gasteiger partial charge in [-0.05, 0) is 39.2 Å². The first-order valence-corrected chi connectivity index (χ1v) is 7.25. The summed E-state index contributed by atoms with van der Waals surface area (Å²) < 4.78 is 20.3. The monoisotopic (exact) mass is 285 g/mol. The Labute approximate surface area is 125 Å². The zero-order chi connectivity index (χ0) is 14.9. The van der Waals surface area contributed by atoms with E-state index in [-0.39, 0.29) is 5.82 Å². The average Bonchev–Trinajstić information content (AvgIpc) is 2.86. The molecule has 1 heterocycles. The molecule has 0 fully saturated rings. The molecule has 1 aliphatic heterocycles. The van der Waals surface area contributed by atoms with Crippen LogP contribution in [0.15, 0.2) is 48.5 Å². The van der Waals surface area contributed by atoms with E-state index >= 15 is 0 Å². The predicted octanol–water partition coefficient (Wildman–Crippen LogP) is 3.46. The van der Waals surface area contributed by atoms with Gasteiger partial charge in [-0.3, -0.25) is 0 Å². The number of hydrogen-bond donors (Lipinski definition) is 0. The molecule has 2 aromatic carbocycles. The van der Waals surface area contributed by atoms with Gasteiger partial charge in [-0.25, -0.2) is 4.39 Å². The van der Waals surface area contributed by atoms with Gasteiger partial charge >= 0.3 is 0 Å². The quantitative estimate of drug-likeness (QED) is 0.853. The van der Waals surface area contributed by atoms with Crippen molar-refractivity contribution in [3.05, 3.63) is 65.5 Å². The SMILES string of the molecule is CN(C)CCC1(c2ccccc2F)COc2ccccc21. The molecule has 0 amide bonds. The second-order valence-electron chi connectivity index (χ2n) is 5.90. The summed E-state index contributed by atoms with van der Waals surface area (Å²) in [5.74, 6) is 0.719. The molecule has 0 saturated heterocycles. The minimum atomic E-state index is -0.397. The van der Waals surface area contributed by atoms with Gasteiger partial charge in [0.15, 0.2) is 0 Å². The van der Waals surface area contributed by atoms with Crippen LogP contribution in [0.5, 0.6) is 5.75 Å². The number of benzene rings is 2. The Morgan fingerprint density at radius 3 is 2.43 bits per heavy atom. The third-order valence-electron chi connectivity index (χ3n) is 4.25. The van der Waals surface area contributed by atoms with Gasteiger partial charge in [0.2, 0.25) is 0 Å². The van der Waals surface area contributed by atoms with Crippen LogP contribution >= 0.6 is 0 Å². The fourth-order valence-electron chi connectivity index (χ4n) is 3.09. The van der Waals surface area contributed by atoms with Crippen LogP contribution in [0.3, 0.4) is 0 Å². The molecule has 3 rings (SSSR count). The van der Waals surface area contributed by atoms with Crippen molar-refractivity contribution in [2.24, 2.45) is 0 Å². The van der Waals surface area contributed by atoms with Crippen molar-refractivity contribution in [3.63, 3.8) is 0 Å². The number of ether oxygens (including phenoxy) is 1. The van der Waals surface area contributed by atoms with Crippen LogP contribution in [0.4, 0.5) is 4.39 Å². The van der Waals surface area contributed by atoms with Gasteiger partial charge in [0.05, 0.1) is 5.41 Å². The average molecular weight is 285 g/mol. The molecular formula is C18H20FNO. The summed E-state index contributed by atoms with van der Waals surface area (Å²) in [7, 11) is 4.08. The lowest BCUT2D eigenvalue weighted by Gasteiger charge is -2.30. The number of nitrogens with zero attached hydrogens (tertiary/aromatic N) is 1. The highest BCUT2D eigenvalue weighted by atomic mass is 19.1. The fourth-order valence-corrected chi connectivity index (χ4v) is 3.09. The van der Waals surface area contributed by atoms with E-state index in [1.165, 1.54) is 6.07 Å². The van der Waals surface area contributed by atoms with E-state index in [1.54, 1.807) is 6.07 Å². The lowest BCUT2D eigenvalue weighted by Crippen LogP contribution is -2.34. The molecule has 0 aliphatic carbocycles. The number of hydrogen-bond acceptors (Lipinski definition) is 2. The van der Waals surface area contributed by atoms with Crippen LogP contribution in [0, 0.1) is 5.82 Å². The number of rotatable bonds is 4. The summed E-state index contributed by atoms with van der Waals surface area (Å²) in [5.41, 5.74) is 1.43. The van der Waals surface area contributed by atoms with Gasteiger partial charge in [0.25, 0.3) is 0 Å². The molecule has 0 N–H and O–H groups in total. The summed E-state index contributed by atoms with van der Waals surface area (Å²) in [6.45, 7) is 1.38. The minimum Gasteiger partial charge on any atom is -0.492 e. The summed E-state index contributed by atoms with van der Waals surface area (Å²) in [6.07, 6.45) is 0.831. The first-order chi connectivity index (χ1) is 10.1. The maximum absolute atomic E-state index is 14.4. The summed E-state index contributed by atoms with van der Waals surface area (Å²) >= 11 is 0.